The summed E-state index contributed by atoms with van der Waals surface area (Å²) in [5.41, 5.74) is 4.26. The number of piperidine rings is 1. The molecule has 4 nitrogen and oxygen atoms in total. The van der Waals surface area contributed by atoms with Crippen LogP contribution in [0.3, 0.4) is 0 Å². The third-order valence-corrected chi connectivity index (χ3v) is 5.87. The van der Waals surface area contributed by atoms with E-state index in [2.05, 4.69) is 10.6 Å². The monoisotopic (exact) mass is 420 g/mol. The van der Waals surface area contributed by atoms with Crippen LogP contribution in [0.5, 0.6) is 0 Å². The molecule has 0 saturated carbocycles. The Bertz CT molecular complexity index is 979. The van der Waals surface area contributed by atoms with Crippen molar-refractivity contribution in [1.82, 2.24) is 5.32 Å². The van der Waals surface area contributed by atoms with Crippen molar-refractivity contribution < 1.29 is 9.90 Å². The first kappa shape index (κ1) is 20.6. The summed E-state index contributed by atoms with van der Waals surface area (Å²) in [6.45, 7) is 1.86. The lowest BCUT2D eigenvalue weighted by Gasteiger charge is -2.27. The van der Waals surface area contributed by atoms with Gasteiger partial charge in [-0.15, -0.1) is 0 Å². The standard InChI is InChI=1S/C25H25ClN2O2/c26-22-11-7-18(8-12-22)17-3-5-20(6-4-17)25(30)28-23-13-9-19(10-14-23)24(29)21-2-1-15-27-16-21/h3-14,21,24,27,29H,1-2,15-16H2,(H,28,30). The number of aliphatic hydroxyl groups is 1. The largest absolute Gasteiger partial charge is 0.388 e. The molecule has 1 heterocycles. The van der Waals surface area contributed by atoms with Gasteiger partial charge in [0.1, 0.15) is 0 Å². The topological polar surface area (TPSA) is 61.4 Å². The van der Waals surface area contributed by atoms with Crippen LogP contribution in [0.1, 0.15) is 34.9 Å². The van der Waals surface area contributed by atoms with Gasteiger partial charge in [0.2, 0.25) is 0 Å². The molecule has 0 spiro atoms. The lowest BCUT2D eigenvalue weighted by atomic mass is 9.89. The van der Waals surface area contributed by atoms with Gasteiger partial charge in [-0.3, -0.25) is 4.79 Å². The smallest absolute Gasteiger partial charge is 0.255 e. The normalized spacial score (nSPS) is 17.3. The Kier molecular flexibility index (Phi) is 6.48. The van der Waals surface area contributed by atoms with Gasteiger partial charge in [-0.1, -0.05) is 48.0 Å². The van der Waals surface area contributed by atoms with E-state index < -0.39 is 6.10 Å². The van der Waals surface area contributed by atoms with Gasteiger partial charge in [0.25, 0.3) is 5.91 Å². The number of hydrogen-bond donors (Lipinski definition) is 3. The van der Waals surface area contributed by atoms with Crippen LogP contribution in [0.2, 0.25) is 5.02 Å². The van der Waals surface area contributed by atoms with E-state index in [9.17, 15) is 9.90 Å². The zero-order chi connectivity index (χ0) is 20.9. The Labute approximate surface area is 181 Å². The fraction of sp³-hybridized carbons (Fsp3) is 0.240. The number of rotatable bonds is 5. The van der Waals surface area contributed by atoms with Crippen LogP contribution in [0.15, 0.2) is 72.8 Å². The van der Waals surface area contributed by atoms with Crippen LogP contribution in [0.4, 0.5) is 5.69 Å². The second-order valence-electron chi connectivity index (χ2n) is 7.71. The Morgan fingerprint density at radius 1 is 0.967 bits per heavy atom. The molecule has 0 radical (unpaired) electrons. The quantitative estimate of drug-likeness (QED) is 0.525. The van der Waals surface area contributed by atoms with Crippen molar-refractivity contribution in [1.29, 1.82) is 0 Å². The van der Waals surface area contributed by atoms with Crippen LogP contribution in [0, 0.1) is 5.92 Å². The molecule has 154 valence electrons. The van der Waals surface area contributed by atoms with E-state index in [1.807, 2.05) is 72.8 Å². The van der Waals surface area contributed by atoms with Crippen molar-refractivity contribution in [3.05, 3.63) is 88.9 Å². The van der Waals surface area contributed by atoms with E-state index in [0.29, 0.717) is 16.3 Å². The van der Waals surface area contributed by atoms with Gasteiger partial charge in [0.15, 0.2) is 0 Å². The molecule has 2 unspecified atom stereocenters. The second kappa shape index (κ2) is 9.43. The van der Waals surface area contributed by atoms with Gasteiger partial charge in [0.05, 0.1) is 6.10 Å². The van der Waals surface area contributed by atoms with Gasteiger partial charge in [-0.2, -0.15) is 0 Å². The highest BCUT2D eigenvalue weighted by atomic mass is 35.5. The van der Waals surface area contributed by atoms with E-state index in [4.69, 9.17) is 11.6 Å². The molecule has 3 aromatic carbocycles. The Hall–Kier alpha value is -2.66. The maximum atomic E-state index is 12.6. The van der Waals surface area contributed by atoms with Crippen molar-refractivity contribution >= 4 is 23.2 Å². The summed E-state index contributed by atoms with van der Waals surface area (Å²) in [6, 6.07) is 22.5. The number of carbonyl (C=O) groups excluding carboxylic acids is 1. The number of anilines is 1. The maximum absolute atomic E-state index is 12.6. The first-order valence-corrected chi connectivity index (χ1v) is 10.6. The molecule has 0 aromatic heterocycles. The molecule has 1 fully saturated rings. The number of benzene rings is 3. The molecule has 1 amide bonds. The SMILES string of the molecule is O=C(Nc1ccc(C(O)C2CCCNC2)cc1)c1ccc(-c2ccc(Cl)cc2)cc1. The van der Waals surface area contributed by atoms with Gasteiger partial charge in [0, 0.05) is 28.7 Å². The van der Waals surface area contributed by atoms with Crippen molar-refractivity contribution in [2.75, 3.05) is 18.4 Å². The van der Waals surface area contributed by atoms with E-state index in [0.717, 1.165) is 42.6 Å². The third-order valence-electron chi connectivity index (χ3n) is 5.62. The molecule has 1 saturated heterocycles. The molecule has 1 aliphatic rings. The van der Waals surface area contributed by atoms with E-state index in [1.54, 1.807) is 0 Å². The Morgan fingerprint density at radius 2 is 1.60 bits per heavy atom. The van der Waals surface area contributed by atoms with E-state index in [1.165, 1.54) is 0 Å². The molecule has 3 N–H and O–H groups in total. The van der Waals surface area contributed by atoms with Crippen molar-refractivity contribution in [2.45, 2.75) is 18.9 Å². The average molecular weight is 421 g/mol. The zero-order valence-corrected chi connectivity index (χ0v) is 17.4. The minimum atomic E-state index is -0.483. The zero-order valence-electron chi connectivity index (χ0n) is 16.6. The molecule has 5 heteroatoms. The molecule has 4 rings (SSSR count). The average Bonchev–Trinajstić information content (AvgIpc) is 2.80. The van der Waals surface area contributed by atoms with E-state index >= 15 is 0 Å². The summed E-state index contributed by atoms with van der Waals surface area (Å²) in [5, 5.41) is 17.5. The highest BCUT2D eigenvalue weighted by molar-refractivity contribution is 6.30. The molecule has 0 aliphatic carbocycles. The fourth-order valence-corrected chi connectivity index (χ4v) is 3.97. The molecule has 3 aromatic rings. The summed E-state index contributed by atoms with van der Waals surface area (Å²) in [4.78, 5) is 12.6. The molecular formula is C25H25ClN2O2. The number of amides is 1. The molecule has 30 heavy (non-hydrogen) atoms. The van der Waals surface area contributed by atoms with Crippen molar-refractivity contribution in [3.8, 4) is 11.1 Å². The lowest BCUT2D eigenvalue weighted by molar-refractivity contribution is 0.0922. The van der Waals surface area contributed by atoms with Crippen LogP contribution >= 0.6 is 11.6 Å². The fourth-order valence-electron chi connectivity index (χ4n) is 3.84. The van der Waals surface area contributed by atoms with Crippen molar-refractivity contribution in [3.63, 3.8) is 0 Å². The highest BCUT2D eigenvalue weighted by Crippen LogP contribution is 2.28. The molecule has 2 atom stereocenters. The van der Waals surface area contributed by atoms with Gasteiger partial charge >= 0.3 is 0 Å². The molecular weight excluding hydrogens is 396 g/mol. The maximum Gasteiger partial charge on any atom is 0.255 e. The van der Waals surface area contributed by atoms with Gasteiger partial charge < -0.3 is 15.7 Å². The minimum absolute atomic E-state index is 0.164. The van der Waals surface area contributed by atoms with Crippen molar-refractivity contribution in [2.24, 2.45) is 5.92 Å². The van der Waals surface area contributed by atoms with Gasteiger partial charge in [-0.25, -0.2) is 0 Å². The number of hydrogen-bond acceptors (Lipinski definition) is 3. The summed E-state index contributed by atoms with van der Waals surface area (Å²) in [6.07, 6.45) is 1.63. The first-order chi connectivity index (χ1) is 14.6. The van der Waals surface area contributed by atoms with Crippen LogP contribution in [-0.2, 0) is 0 Å². The number of aliphatic hydroxyl groups excluding tert-OH is 1. The summed E-state index contributed by atoms with van der Waals surface area (Å²) in [5.74, 6) is 0.0702. The summed E-state index contributed by atoms with van der Waals surface area (Å²) in [7, 11) is 0. The third kappa shape index (κ3) is 4.90. The summed E-state index contributed by atoms with van der Waals surface area (Å²) >= 11 is 5.94. The minimum Gasteiger partial charge on any atom is -0.388 e. The van der Waals surface area contributed by atoms with Crippen LogP contribution < -0.4 is 10.6 Å². The lowest BCUT2D eigenvalue weighted by Crippen LogP contribution is -2.33. The van der Waals surface area contributed by atoms with Crippen LogP contribution in [0.25, 0.3) is 11.1 Å². The predicted molar refractivity (Wildman–Crippen MR) is 122 cm³/mol. The first-order valence-electron chi connectivity index (χ1n) is 10.3. The second-order valence-corrected chi connectivity index (χ2v) is 8.15. The van der Waals surface area contributed by atoms with E-state index in [-0.39, 0.29) is 11.8 Å². The number of halogens is 1. The van der Waals surface area contributed by atoms with Gasteiger partial charge in [-0.05, 0) is 72.5 Å². The molecule has 1 aliphatic heterocycles. The summed E-state index contributed by atoms with van der Waals surface area (Å²) < 4.78 is 0. The molecule has 0 bridgehead atoms. The Balaban J connectivity index is 1.39. The predicted octanol–water partition coefficient (Wildman–Crippen LogP) is 5.29. The number of nitrogens with one attached hydrogen (secondary N) is 2. The Morgan fingerprint density at radius 3 is 2.20 bits per heavy atom. The van der Waals surface area contributed by atoms with Crippen LogP contribution in [-0.4, -0.2) is 24.1 Å². The highest BCUT2D eigenvalue weighted by Gasteiger charge is 2.22. The number of carbonyl (C=O) groups is 1.